The van der Waals surface area contributed by atoms with E-state index in [1.807, 2.05) is 0 Å². The molecule has 1 aromatic rings. The zero-order valence-electron chi connectivity index (χ0n) is 13.9. The maximum Gasteiger partial charge on any atom is 0.0632 e. The Hall–Kier alpha value is -0.310. The summed E-state index contributed by atoms with van der Waals surface area (Å²) in [5.41, 5.74) is 0. The quantitative estimate of drug-likeness (QED) is 0.735. The van der Waals surface area contributed by atoms with Gasteiger partial charge in [0, 0.05) is 22.3 Å². The zero-order chi connectivity index (χ0) is 15.3. The summed E-state index contributed by atoms with van der Waals surface area (Å²) in [4.78, 5) is 0. The molecule has 0 aromatic carbocycles. The topological polar surface area (TPSA) is 17.8 Å². The van der Waals surface area contributed by atoms with Crippen molar-refractivity contribution in [3.8, 4) is 0 Å². The van der Waals surface area contributed by atoms with Crippen molar-refractivity contribution in [2.24, 2.45) is 5.89 Å². The Morgan fingerprint density at radius 1 is 2.10 bits per heavy atom. The van der Waals surface area contributed by atoms with Gasteiger partial charge in [-0.05, 0) is 21.8 Å². The molecule has 0 spiro atoms. The van der Waals surface area contributed by atoms with Gasteiger partial charge >= 0.3 is 0 Å². The van der Waals surface area contributed by atoms with Crippen molar-refractivity contribution in [3.63, 3.8) is 0 Å². The first kappa shape index (κ1) is 2.09. The van der Waals surface area contributed by atoms with Crippen LogP contribution in [-0.2, 0) is 6.50 Å². The van der Waals surface area contributed by atoms with Crippen LogP contribution in [0.15, 0.2) is 16.9 Å². The van der Waals surface area contributed by atoms with Gasteiger partial charge in [-0.25, -0.2) is 0 Å². The van der Waals surface area contributed by atoms with Crippen LogP contribution in [0.25, 0.3) is 0 Å². The molecule has 3 heteroatoms. The number of hydrogen-bond acceptors (Lipinski definition) is 1. The largest absolute Gasteiger partial charge is 0.271 e. The monoisotopic (exact) mass is 211 g/mol. The molecule has 0 atom stereocenters. The van der Waals surface area contributed by atoms with Crippen LogP contribution in [0.1, 0.15) is 26.0 Å². The van der Waals surface area contributed by atoms with Crippen molar-refractivity contribution in [1.29, 1.82) is 0 Å². The van der Waals surface area contributed by atoms with Gasteiger partial charge in [-0.15, -0.1) is 0 Å². The first-order valence-electron chi connectivity index (χ1n) is 6.96. The summed E-state index contributed by atoms with van der Waals surface area (Å²) >= 11 is 3.00. The second-order valence-corrected chi connectivity index (χ2v) is 2.51. The fourth-order valence-corrected chi connectivity index (χ4v) is 0.762. The highest BCUT2D eigenvalue weighted by Gasteiger charge is 1.96. The Morgan fingerprint density at radius 2 is 2.90 bits per heavy atom. The molecule has 0 saturated carbocycles. The molecule has 0 aliphatic rings. The Morgan fingerprint density at radius 3 is 3.40 bits per heavy atom. The van der Waals surface area contributed by atoms with Gasteiger partial charge in [0.15, 0.2) is 0 Å². The van der Waals surface area contributed by atoms with Crippen LogP contribution in [-0.4, -0.2) is 9.78 Å². The molecule has 1 rings (SSSR count). The van der Waals surface area contributed by atoms with Crippen LogP contribution in [0, 0.1) is 5.89 Å². The van der Waals surface area contributed by atoms with Crippen LogP contribution in [0.4, 0.5) is 0 Å². The van der Waals surface area contributed by atoms with Gasteiger partial charge in [-0.1, -0.05) is 13.7 Å². The van der Waals surface area contributed by atoms with E-state index in [9.17, 15) is 0 Å². The minimum absolute atomic E-state index is 0.342. The van der Waals surface area contributed by atoms with Crippen LogP contribution < -0.4 is 0 Å². The molecule has 0 bridgehead atoms. The van der Waals surface area contributed by atoms with Gasteiger partial charge in [-0.3, -0.25) is 4.68 Å². The molecule has 0 N–H and O–H groups in total. The maximum atomic E-state index is 7.80. The zero-order valence-corrected chi connectivity index (χ0v) is 6.51. The lowest BCUT2D eigenvalue weighted by atomic mass is 10.2. The molecule has 0 aliphatic heterocycles. The van der Waals surface area contributed by atoms with E-state index in [0.717, 1.165) is 6.20 Å². The van der Waals surface area contributed by atoms with Crippen molar-refractivity contribution >= 4 is 15.9 Å². The average molecular weight is 212 g/mol. The van der Waals surface area contributed by atoms with Crippen LogP contribution >= 0.6 is 15.9 Å². The third kappa shape index (κ3) is 2.14. The highest BCUT2D eigenvalue weighted by Crippen LogP contribution is 2.07. The van der Waals surface area contributed by atoms with Gasteiger partial charge in [0.05, 0.1) is 13.4 Å². The van der Waals surface area contributed by atoms with Crippen molar-refractivity contribution in [2.45, 2.75) is 20.2 Å². The van der Waals surface area contributed by atoms with Crippen LogP contribution in [0.5, 0.6) is 0 Å². The highest BCUT2D eigenvalue weighted by molar-refractivity contribution is 9.10. The van der Waals surface area contributed by atoms with Gasteiger partial charge < -0.3 is 0 Å². The second-order valence-electron chi connectivity index (χ2n) is 1.59. The van der Waals surface area contributed by atoms with Crippen molar-refractivity contribution < 1.29 is 12.3 Å². The smallest absolute Gasteiger partial charge is 0.0632 e. The molecule has 1 aromatic heterocycles. The SMILES string of the molecule is [2H]C([2H])([2H])C([2H])(C([2H])([2H])[2H])C([2H])([2H])n1cc(Br)cn1. The lowest BCUT2D eigenvalue weighted by Gasteiger charge is -2.02. The van der Waals surface area contributed by atoms with Gasteiger partial charge in [0.2, 0.25) is 0 Å². The first-order chi connectivity index (χ1) is 8.25. The molecule has 0 radical (unpaired) electrons. The Labute approximate surface area is 82.0 Å². The summed E-state index contributed by atoms with van der Waals surface area (Å²) < 4.78 is 67.7. The van der Waals surface area contributed by atoms with E-state index < -0.39 is 26.1 Å². The number of hydrogen-bond donors (Lipinski definition) is 0. The molecule has 2 nitrogen and oxygen atoms in total. The van der Waals surface area contributed by atoms with E-state index in [1.54, 1.807) is 0 Å². The average Bonchev–Trinajstić information content (AvgIpc) is 2.60. The molecular formula is C7H11BrN2. The molecule has 0 aliphatic carbocycles. The maximum absolute atomic E-state index is 7.80. The van der Waals surface area contributed by atoms with Crippen molar-refractivity contribution in [3.05, 3.63) is 16.9 Å². The predicted molar refractivity (Wildman–Crippen MR) is 44.8 cm³/mol. The molecule has 1 heterocycles. The van der Waals surface area contributed by atoms with Crippen LogP contribution in [0.3, 0.4) is 0 Å². The summed E-state index contributed by atoms with van der Waals surface area (Å²) in [5.74, 6) is -3.35. The lowest BCUT2D eigenvalue weighted by Crippen LogP contribution is -2.03. The Kier molecular flexibility index (Phi) is 0.668. The Balaban J connectivity index is 3.50. The molecule has 0 unspecified atom stereocenters. The van der Waals surface area contributed by atoms with Gasteiger partial charge in [-0.2, -0.15) is 5.10 Å². The van der Waals surface area contributed by atoms with Crippen molar-refractivity contribution in [2.75, 3.05) is 0 Å². The summed E-state index contributed by atoms with van der Waals surface area (Å²) in [7, 11) is 0. The predicted octanol–water partition coefficient (Wildman–Crippen LogP) is 2.30. The van der Waals surface area contributed by atoms with E-state index in [0.29, 0.717) is 9.15 Å². The van der Waals surface area contributed by atoms with E-state index in [1.165, 1.54) is 6.20 Å². The molecule has 0 fully saturated rings. The summed E-state index contributed by atoms with van der Waals surface area (Å²) in [6, 6.07) is 0. The minimum atomic E-state index is -3.36. The summed E-state index contributed by atoms with van der Waals surface area (Å²) in [5, 5.41) is 3.56. The first-order valence-corrected chi connectivity index (χ1v) is 3.25. The van der Waals surface area contributed by atoms with Gasteiger partial charge in [0.1, 0.15) is 0 Å². The van der Waals surface area contributed by atoms with E-state index >= 15 is 0 Å². The fourth-order valence-electron chi connectivity index (χ4n) is 0.477. The summed E-state index contributed by atoms with van der Waals surface area (Å²) in [6.07, 6.45) is 2.26. The number of aromatic nitrogens is 2. The lowest BCUT2D eigenvalue weighted by molar-refractivity contribution is 0.483. The van der Waals surface area contributed by atoms with E-state index in [4.69, 9.17) is 12.3 Å². The third-order valence-corrected chi connectivity index (χ3v) is 1.19. The van der Waals surface area contributed by atoms with Crippen molar-refractivity contribution in [1.82, 2.24) is 9.78 Å². The summed E-state index contributed by atoms with van der Waals surface area (Å²) in [6.45, 7) is -9.77. The van der Waals surface area contributed by atoms with E-state index in [2.05, 4.69) is 21.0 Å². The molecule has 56 valence electrons. The van der Waals surface area contributed by atoms with Crippen LogP contribution in [0.2, 0.25) is 0 Å². The standard InChI is InChI=1S/C7H11BrN2/c1-6(2)4-10-5-7(8)3-9-10/h3,5-6H,4H2,1-2H3/i1D3,2D3,4D2,6D. The molecule has 10 heavy (non-hydrogen) atoms. The minimum Gasteiger partial charge on any atom is -0.271 e. The Bertz CT molecular complexity index is 446. The van der Waals surface area contributed by atoms with E-state index in [-0.39, 0.29) is 0 Å². The number of nitrogens with zero attached hydrogens (tertiary/aromatic N) is 2. The highest BCUT2D eigenvalue weighted by atomic mass is 79.9. The molecular weight excluding hydrogens is 192 g/mol. The number of halogens is 1. The van der Waals surface area contributed by atoms with Gasteiger partial charge in [0.25, 0.3) is 0 Å². The number of rotatable bonds is 2. The second kappa shape index (κ2) is 3.19. The fraction of sp³-hybridized carbons (Fsp3) is 0.571. The third-order valence-electron chi connectivity index (χ3n) is 0.777. The molecule has 0 amide bonds. The normalized spacial score (nSPS) is 29.1. The molecule has 0 saturated heterocycles.